The van der Waals surface area contributed by atoms with Gasteiger partial charge in [0.15, 0.2) is 11.5 Å². The minimum absolute atomic E-state index is 0.102. The highest BCUT2D eigenvalue weighted by Crippen LogP contribution is 2.30. The normalized spacial score (nSPS) is 15.5. The van der Waals surface area contributed by atoms with E-state index in [2.05, 4.69) is 32.1 Å². The summed E-state index contributed by atoms with van der Waals surface area (Å²) in [7, 11) is 0. The van der Waals surface area contributed by atoms with Crippen molar-refractivity contribution in [1.82, 2.24) is 0 Å². The van der Waals surface area contributed by atoms with Crippen molar-refractivity contribution in [3.63, 3.8) is 0 Å². The summed E-state index contributed by atoms with van der Waals surface area (Å²) in [5.41, 5.74) is 6.99. The van der Waals surface area contributed by atoms with E-state index in [4.69, 9.17) is 15.2 Å². The SMILES string of the molecule is CC(C)(N)CC/C=C/c1ccc2c(c1)OCCCO2. The zero-order valence-corrected chi connectivity index (χ0v) is 11.8. The molecule has 0 saturated carbocycles. The molecule has 0 aliphatic carbocycles. The van der Waals surface area contributed by atoms with E-state index in [1.165, 1.54) is 0 Å². The van der Waals surface area contributed by atoms with Gasteiger partial charge in [-0.3, -0.25) is 0 Å². The first-order valence-corrected chi connectivity index (χ1v) is 6.90. The van der Waals surface area contributed by atoms with Crippen molar-refractivity contribution in [3.8, 4) is 11.5 Å². The van der Waals surface area contributed by atoms with Crippen molar-refractivity contribution in [3.05, 3.63) is 29.8 Å². The van der Waals surface area contributed by atoms with Gasteiger partial charge >= 0.3 is 0 Å². The van der Waals surface area contributed by atoms with Gasteiger partial charge in [-0.2, -0.15) is 0 Å². The lowest BCUT2D eigenvalue weighted by Gasteiger charge is -2.16. The molecular formula is C16H23NO2. The molecule has 104 valence electrons. The Balaban J connectivity index is 1.98. The zero-order chi connectivity index (χ0) is 13.7. The number of benzene rings is 1. The predicted molar refractivity (Wildman–Crippen MR) is 78.6 cm³/mol. The Morgan fingerprint density at radius 2 is 1.95 bits per heavy atom. The number of rotatable bonds is 4. The van der Waals surface area contributed by atoms with Crippen LogP contribution >= 0.6 is 0 Å². The standard InChI is InChI=1S/C16H23NO2/c1-16(2,17)9-4-3-6-13-7-8-14-15(12-13)19-11-5-10-18-14/h3,6-8,12H,4-5,9-11,17H2,1-2H3/b6-3+. The molecule has 0 spiro atoms. The molecule has 3 nitrogen and oxygen atoms in total. The summed E-state index contributed by atoms with van der Waals surface area (Å²) in [6, 6.07) is 6.07. The summed E-state index contributed by atoms with van der Waals surface area (Å²) in [4.78, 5) is 0. The Labute approximate surface area is 115 Å². The monoisotopic (exact) mass is 261 g/mol. The summed E-state index contributed by atoms with van der Waals surface area (Å²) in [6.07, 6.45) is 7.17. The van der Waals surface area contributed by atoms with Gasteiger partial charge in [-0.25, -0.2) is 0 Å². The highest BCUT2D eigenvalue weighted by molar-refractivity contribution is 5.56. The molecule has 3 heteroatoms. The minimum atomic E-state index is -0.102. The molecule has 0 amide bonds. The van der Waals surface area contributed by atoms with Gasteiger partial charge in [0.1, 0.15) is 0 Å². The van der Waals surface area contributed by atoms with E-state index in [0.717, 1.165) is 49.5 Å². The lowest BCUT2D eigenvalue weighted by Crippen LogP contribution is -2.31. The van der Waals surface area contributed by atoms with Gasteiger partial charge in [-0.15, -0.1) is 0 Å². The Kier molecular flexibility index (Phi) is 4.48. The van der Waals surface area contributed by atoms with Gasteiger partial charge in [0, 0.05) is 12.0 Å². The third kappa shape index (κ3) is 4.60. The molecule has 1 aromatic carbocycles. The number of fused-ring (bicyclic) bond motifs is 1. The van der Waals surface area contributed by atoms with E-state index >= 15 is 0 Å². The van der Waals surface area contributed by atoms with Crippen LogP contribution in [0.2, 0.25) is 0 Å². The molecule has 0 radical (unpaired) electrons. The lowest BCUT2D eigenvalue weighted by atomic mass is 10.00. The molecule has 2 N–H and O–H groups in total. The number of hydrogen-bond donors (Lipinski definition) is 1. The van der Waals surface area contributed by atoms with Crippen LogP contribution in [-0.4, -0.2) is 18.8 Å². The molecule has 0 atom stereocenters. The van der Waals surface area contributed by atoms with E-state index in [0.29, 0.717) is 0 Å². The molecule has 0 bridgehead atoms. The molecule has 1 heterocycles. The van der Waals surface area contributed by atoms with Gasteiger partial charge in [-0.05, 0) is 44.4 Å². The third-order valence-corrected chi connectivity index (χ3v) is 3.04. The van der Waals surface area contributed by atoms with Crippen molar-refractivity contribution < 1.29 is 9.47 Å². The number of hydrogen-bond acceptors (Lipinski definition) is 3. The van der Waals surface area contributed by atoms with Crippen LogP contribution in [0.25, 0.3) is 6.08 Å². The van der Waals surface area contributed by atoms with E-state index < -0.39 is 0 Å². The minimum Gasteiger partial charge on any atom is -0.490 e. The Morgan fingerprint density at radius 1 is 1.21 bits per heavy atom. The van der Waals surface area contributed by atoms with Crippen molar-refractivity contribution in [1.29, 1.82) is 0 Å². The summed E-state index contributed by atoms with van der Waals surface area (Å²) in [6.45, 7) is 5.55. The van der Waals surface area contributed by atoms with E-state index in [1.807, 2.05) is 12.1 Å². The van der Waals surface area contributed by atoms with Gasteiger partial charge in [0.05, 0.1) is 13.2 Å². The maximum atomic E-state index is 5.95. The number of allylic oxidation sites excluding steroid dienone is 1. The summed E-state index contributed by atoms with van der Waals surface area (Å²) in [5, 5.41) is 0. The quantitative estimate of drug-likeness (QED) is 0.903. The predicted octanol–water partition coefficient (Wildman–Crippen LogP) is 3.38. The van der Waals surface area contributed by atoms with Crippen LogP contribution in [0.15, 0.2) is 24.3 Å². The van der Waals surface area contributed by atoms with Gasteiger partial charge in [0.25, 0.3) is 0 Å². The van der Waals surface area contributed by atoms with E-state index in [9.17, 15) is 0 Å². The fourth-order valence-corrected chi connectivity index (χ4v) is 1.96. The second-order valence-corrected chi connectivity index (χ2v) is 5.69. The average Bonchev–Trinajstić information content (AvgIpc) is 2.58. The maximum Gasteiger partial charge on any atom is 0.161 e. The van der Waals surface area contributed by atoms with Crippen LogP contribution in [0.1, 0.15) is 38.7 Å². The molecule has 0 aromatic heterocycles. The molecular weight excluding hydrogens is 238 g/mol. The Bertz CT molecular complexity index is 447. The number of ether oxygens (including phenoxy) is 2. The van der Waals surface area contributed by atoms with Crippen LogP contribution in [0.3, 0.4) is 0 Å². The summed E-state index contributed by atoms with van der Waals surface area (Å²) in [5.74, 6) is 1.69. The topological polar surface area (TPSA) is 44.5 Å². The first-order chi connectivity index (χ1) is 9.04. The van der Waals surface area contributed by atoms with Gasteiger partial charge < -0.3 is 15.2 Å². The second kappa shape index (κ2) is 6.11. The molecule has 2 rings (SSSR count). The first kappa shape index (κ1) is 13.9. The average molecular weight is 261 g/mol. The van der Waals surface area contributed by atoms with Crippen molar-refractivity contribution in [2.75, 3.05) is 13.2 Å². The molecule has 0 saturated heterocycles. The van der Waals surface area contributed by atoms with Crippen LogP contribution < -0.4 is 15.2 Å². The first-order valence-electron chi connectivity index (χ1n) is 6.90. The molecule has 1 aliphatic rings. The zero-order valence-electron chi connectivity index (χ0n) is 11.8. The molecule has 0 unspecified atom stereocenters. The van der Waals surface area contributed by atoms with Crippen LogP contribution in [0, 0.1) is 0 Å². The van der Waals surface area contributed by atoms with E-state index in [1.54, 1.807) is 0 Å². The van der Waals surface area contributed by atoms with Crippen LogP contribution in [0.5, 0.6) is 11.5 Å². The van der Waals surface area contributed by atoms with Gasteiger partial charge in [-0.1, -0.05) is 18.2 Å². The fraction of sp³-hybridized carbons (Fsp3) is 0.500. The van der Waals surface area contributed by atoms with Crippen molar-refractivity contribution in [2.24, 2.45) is 5.73 Å². The molecule has 19 heavy (non-hydrogen) atoms. The van der Waals surface area contributed by atoms with Gasteiger partial charge in [0.2, 0.25) is 0 Å². The molecule has 0 fully saturated rings. The lowest BCUT2D eigenvalue weighted by molar-refractivity contribution is 0.297. The van der Waals surface area contributed by atoms with Crippen LogP contribution in [-0.2, 0) is 0 Å². The fourth-order valence-electron chi connectivity index (χ4n) is 1.96. The highest BCUT2D eigenvalue weighted by Gasteiger charge is 2.10. The maximum absolute atomic E-state index is 5.95. The van der Waals surface area contributed by atoms with E-state index in [-0.39, 0.29) is 5.54 Å². The smallest absolute Gasteiger partial charge is 0.161 e. The highest BCUT2D eigenvalue weighted by atomic mass is 16.5. The Hall–Kier alpha value is -1.48. The molecule has 1 aliphatic heterocycles. The summed E-state index contributed by atoms with van der Waals surface area (Å²) < 4.78 is 11.3. The third-order valence-electron chi connectivity index (χ3n) is 3.04. The Morgan fingerprint density at radius 3 is 2.68 bits per heavy atom. The van der Waals surface area contributed by atoms with Crippen molar-refractivity contribution in [2.45, 2.75) is 38.6 Å². The van der Waals surface area contributed by atoms with Crippen LogP contribution in [0.4, 0.5) is 0 Å². The van der Waals surface area contributed by atoms with Crippen molar-refractivity contribution >= 4 is 6.08 Å². The largest absolute Gasteiger partial charge is 0.490 e. The summed E-state index contributed by atoms with van der Waals surface area (Å²) >= 11 is 0. The number of nitrogens with two attached hydrogens (primary N) is 1. The second-order valence-electron chi connectivity index (χ2n) is 5.69. The molecule has 1 aromatic rings.